The fourth-order valence-corrected chi connectivity index (χ4v) is 3.71. The highest BCUT2D eigenvalue weighted by Gasteiger charge is 2.24. The largest absolute Gasteiger partial charge is 0.469 e. The molecule has 0 aromatic carbocycles. The lowest BCUT2D eigenvalue weighted by Gasteiger charge is -2.34. The molecule has 160 valence electrons. The highest BCUT2D eigenvalue weighted by Crippen LogP contribution is 2.17. The maximum absolute atomic E-state index is 5.50. The number of hydrogen-bond acceptors (Lipinski definition) is 5. The Balaban J connectivity index is 0.00000280. The Labute approximate surface area is 185 Å². The predicted molar refractivity (Wildman–Crippen MR) is 122 cm³/mol. The van der Waals surface area contributed by atoms with Gasteiger partial charge < -0.3 is 29.4 Å². The summed E-state index contributed by atoms with van der Waals surface area (Å²) in [6.07, 6.45) is 6.08. The molecule has 2 N–H and O–H groups in total. The van der Waals surface area contributed by atoms with Crippen LogP contribution in [-0.4, -0.2) is 76.6 Å². The average molecular weight is 506 g/mol. The minimum atomic E-state index is 0. The van der Waals surface area contributed by atoms with Gasteiger partial charge in [-0.2, -0.15) is 0 Å². The van der Waals surface area contributed by atoms with Gasteiger partial charge in [-0.05, 0) is 37.3 Å². The zero-order valence-corrected chi connectivity index (χ0v) is 19.2. The molecular weight excluding hydrogens is 471 g/mol. The van der Waals surface area contributed by atoms with Gasteiger partial charge in [0.2, 0.25) is 0 Å². The van der Waals surface area contributed by atoms with Gasteiger partial charge in [0.15, 0.2) is 5.96 Å². The minimum absolute atomic E-state index is 0. The molecule has 0 bridgehead atoms. The summed E-state index contributed by atoms with van der Waals surface area (Å²) in [4.78, 5) is 7.22. The molecule has 0 spiro atoms. The van der Waals surface area contributed by atoms with Crippen molar-refractivity contribution in [1.29, 1.82) is 0 Å². The molecule has 2 saturated heterocycles. The van der Waals surface area contributed by atoms with E-state index in [9.17, 15) is 0 Å². The van der Waals surface area contributed by atoms with Crippen LogP contribution in [0.15, 0.2) is 27.8 Å². The third kappa shape index (κ3) is 8.26. The standard InChI is InChI=1S/C20H34N4O3.HI/c1-25-14-9-22-20(21-8-4-19-3-2-12-27-19)23-18-5-10-24(11-6-18)15-17-7-13-26-16-17;/h2-3,12,17-18H,4-11,13-16H2,1H3,(H2,21,22,23);1H. The van der Waals surface area contributed by atoms with Gasteiger partial charge in [-0.3, -0.25) is 4.99 Å². The summed E-state index contributed by atoms with van der Waals surface area (Å²) in [6.45, 7) is 7.44. The molecule has 7 nitrogen and oxygen atoms in total. The molecule has 3 heterocycles. The Morgan fingerprint density at radius 2 is 2.18 bits per heavy atom. The summed E-state index contributed by atoms with van der Waals surface area (Å²) in [6, 6.07) is 4.40. The van der Waals surface area contributed by atoms with Gasteiger partial charge in [-0.15, -0.1) is 24.0 Å². The first kappa shape index (κ1) is 23.4. The number of aliphatic imine (C=N–C) groups is 1. The number of furan rings is 1. The Kier molecular flexibility index (Phi) is 11.2. The van der Waals surface area contributed by atoms with Crippen molar-refractivity contribution in [2.24, 2.45) is 10.9 Å². The van der Waals surface area contributed by atoms with E-state index < -0.39 is 0 Å². The van der Waals surface area contributed by atoms with E-state index in [-0.39, 0.29) is 24.0 Å². The third-order valence-corrected chi connectivity index (χ3v) is 5.28. The molecule has 1 atom stereocenters. The molecule has 2 fully saturated rings. The van der Waals surface area contributed by atoms with Gasteiger partial charge in [-0.25, -0.2) is 0 Å². The number of nitrogens with one attached hydrogen (secondary N) is 2. The summed E-state index contributed by atoms with van der Waals surface area (Å²) in [5.74, 6) is 2.59. The molecule has 0 amide bonds. The molecule has 1 aromatic rings. The highest BCUT2D eigenvalue weighted by molar-refractivity contribution is 14.0. The lowest BCUT2D eigenvalue weighted by atomic mass is 10.0. The van der Waals surface area contributed by atoms with Gasteiger partial charge in [0.1, 0.15) is 5.76 Å². The van der Waals surface area contributed by atoms with Crippen LogP contribution in [0.5, 0.6) is 0 Å². The average Bonchev–Trinajstić information content (AvgIpc) is 3.37. The lowest BCUT2D eigenvalue weighted by molar-refractivity contribution is 0.150. The van der Waals surface area contributed by atoms with Gasteiger partial charge in [0.25, 0.3) is 0 Å². The minimum Gasteiger partial charge on any atom is -0.469 e. The van der Waals surface area contributed by atoms with Crippen molar-refractivity contribution < 1.29 is 13.9 Å². The van der Waals surface area contributed by atoms with Crippen molar-refractivity contribution in [2.75, 3.05) is 59.7 Å². The van der Waals surface area contributed by atoms with Crippen LogP contribution in [0.4, 0.5) is 0 Å². The second kappa shape index (κ2) is 13.4. The lowest BCUT2D eigenvalue weighted by Crippen LogP contribution is -2.49. The topological polar surface area (TPSA) is 71.3 Å². The van der Waals surface area contributed by atoms with E-state index in [1.807, 2.05) is 12.1 Å². The Bertz CT molecular complexity index is 542. The van der Waals surface area contributed by atoms with Crippen LogP contribution in [0.25, 0.3) is 0 Å². The molecule has 0 aliphatic carbocycles. The molecule has 8 heteroatoms. The zero-order valence-electron chi connectivity index (χ0n) is 16.9. The maximum Gasteiger partial charge on any atom is 0.191 e. The Morgan fingerprint density at radius 1 is 1.32 bits per heavy atom. The van der Waals surface area contributed by atoms with E-state index >= 15 is 0 Å². The van der Waals surface area contributed by atoms with E-state index in [1.54, 1.807) is 13.4 Å². The second-order valence-electron chi connectivity index (χ2n) is 7.43. The van der Waals surface area contributed by atoms with Crippen molar-refractivity contribution in [3.8, 4) is 0 Å². The van der Waals surface area contributed by atoms with Gasteiger partial charge >= 0.3 is 0 Å². The summed E-state index contributed by atoms with van der Waals surface area (Å²) in [5, 5.41) is 7.04. The van der Waals surface area contributed by atoms with Gasteiger partial charge in [0, 0.05) is 52.4 Å². The van der Waals surface area contributed by atoms with Crippen LogP contribution in [0.2, 0.25) is 0 Å². The molecule has 0 saturated carbocycles. The van der Waals surface area contributed by atoms with Crippen molar-refractivity contribution in [3.63, 3.8) is 0 Å². The number of guanidine groups is 1. The number of hydrogen-bond donors (Lipinski definition) is 2. The summed E-state index contributed by atoms with van der Waals surface area (Å²) in [7, 11) is 1.71. The van der Waals surface area contributed by atoms with Crippen LogP contribution in [-0.2, 0) is 15.9 Å². The summed E-state index contributed by atoms with van der Waals surface area (Å²) >= 11 is 0. The Morgan fingerprint density at radius 3 is 2.86 bits per heavy atom. The van der Waals surface area contributed by atoms with Crippen molar-refractivity contribution >= 4 is 29.9 Å². The fraction of sp³-hybridized carbons (Fsp3) is 0.750. The first-order chi connectivity index (χ1) is 13.3. The summed E-state index contributed by atoms with van der Waals surface area (Å²) in [5.41, 5.74) is 0. The first-order valence-corrected chi connectivity index (χ1v) is 10.2. The first-order valence-electron chi connectivity index (χ1n) is 10.2. The smallest absolute Gasteiger partial charge is 0.191 e. The molecule has 2 aliphatic rings. The predicted octanol–water partition coefficient (Wildman–Crippen LogP) is 2.12. The number of piperidine rings is 1. The van der Waals surface area contributed by atoms with Crippen LogP contribution in [0.1, 0.15) is 25.0 Å². The molecule has 0 radical (unpaired) electrons. The van der Waals surface area contributed by atoms with Crippen LogP contribution in [0, 0.1) is 5.92 Å². The second-order valence-corrected chi connectivity index (χ2v) is 7.43. The van der Waals surface area contributed by atoms with Crippen LogP contribution >= 0.6 is 24.0 Å². The molecule has 1 unspecified atom stereocenters. The van der Waals surface area contributed by atoms with Crippen LogP contribution in [0.3, 0.4) is 0 Å². The number of halogens is 1. The molecule has 3 rings (SSSR count). The monoisotopic (exact) mass is 506 g/mol. The molecule has 28 heavy (non-hydrogen) atoms. The zero-order chi connectivity index (χ0) is 18.7. The fourth-order valence-electron chi connectivity index (χ4n) is 3.71. The Hall–Kier alpha value is -0.840. The van der Waals surface area contributed by atoms with Crippen LogP contribution < -0.4 is 10.6 Å². The molecular formula is C20H35IN4O3. The van der Waals surface area contributed by atoms with E-state index in [2.05, 4.69) is 20.5 Å². The molecule has 1 aromatic heterocycles. The number of rotatable bonds is 9. The number of ether oxygens (including phenoxy) is 2. The van der Waals surface area contributed by atoms with E-state index in [0.29, 0.717) is 19.2 Å². The maximum atomic E-state index is 5.50. The number of methoxy groups -OCH3 is 1. The number of likely N-dealkylation sites (tertiary alicyclic amines) is 1. The number of nitrogens with zero attached hydrogens (tertiary/aromatic N) is 2. The summed E-state index contributed by atoms with van der Waals surface area (Å²) < 4.78 is 16.0. The van der Waals surface area contributed by atoms with E-state index in [4.69, 9.17) is 13.9 Å². The van der Waals surface area contributed by atoms with Crippen molar-refractivity contribution in [2.45, 2.75) is 31.7 Å². The van der Waals surface area contributed by atoms with E-state index in [0.717, 1.165) is 69.7 Å². The van der Waals surface area contributed by atoms with E-state index in [1.165, 1.54) is 13.0 Å². The highest BCUT2D eigenvalue weighted by atomic mass is 127. The normalized spacial score (nSPS) is 21.5. The SMILES string of the molecule is COCCN=C(NCCc1ccco1)NC1CCN(CC2CCOC2)CC1.I. The van der Waals surface area contributed by atoms with Crippen molar-refractivity contribution in [3.05, 3.63) is 24.2 Å². The quantitative estimate of drug-likeness (QED) is 0.232. The van der Waals surface area contributed by atoms with Crippen molar-refractivity contribution in [1.82, 2.24) is 15.5 Å². The van der Waals surface area contributed by atoms with Gasteiger partial charge in [-0.1, -0.05) is 0 Å². The third-order valence-electron chi connectivity index (χ3n) is 5.28. The van der Waals surface area contributed by atoms with Gasteiger partial charge in [0.05, 0.1) is 26.0 Å². The molecule has 2 aliphatic heterocycles.